The zero-order chi connectivity index (χ0) is 33.6. The minimum Gasteiger partial charge on any atom is -0.507 e. The monoisotopic (exact) mass is 647 g/mol. The fourth-order valence-electron chi connectivity index (χ4n) is 9.45. The third-order valence-corrected chi connectivity index (χ3v) is 11.4. The Bertz CT molecular complexity index is 2330. The van der Waals surface area contributed by atoms with Gasteiger partial charge in [-0.3, -0.25) is 14.6 Å². The van der Waals surface area contributed by atoms with E-state index < -0.39 is 11.3 Å². The minimum absolute atomic E-state index is 0.00482. The third-order valence-electron chi connectivity index (χ3n) is 11.4. The third kappa shape index (κ3) is 4.17. The molecular formula is C40H41NO7. The van der Waals surface area contributed by atoms with Gasteiger partial charge in [-0.15, -0.1) is 0 Å². The van der Waals surface area contributed by atoms with Gasteiger partial charge in [0, 0.05) is 62.5 Å². The Hall–Kier alpha value is -4.59. The molecule has 5 aromatic carbocycles. The van der Waals surface area contributed by atoms with Gasteiger partial charge in [0.2, 0.25) is 0 Å². The van der Waals surface area contributed by atoms with Crippen molar-refractivity contribution in [1.82, 2.24) is 0 Å². The minimum atomic E-state index is -0.406. The Kier molecular flexibility index (Phi) is 7.20. The number of benzene rings is 5. The van der Waals surface area contributed by atoms with Crippen LogP contribution in [0.15, 0.2) is 32.3 Å². The average Bonchev–Trinajstić information content (AvgIpc) is 3.76. The van der Waals surface area contributed by atoms with Crippen molar-refractivity contribution in [3.8, 4) is 28.7 Å². The number of ether oxygens (including phenoxy) is 3. The van der Waals surface area contributed by atoms with Crippen LogP contribution in [0.2, 0.25) is 0 Å². The van der Waals surface area contributed by atoms with Gasteiger partial charge in [-0.1, -0.05) is 50.2 Å². The van der Waals surface area contributed by atoms with E-state index >= 15 is 0 Å². The number of rotatable bonds is 7. The molecule has 0 radical (unpaired) electrons. The highest BCUT2D eigenvalue weighted by atomic mass is 16.5. The highest BCUT2D eigenvalue weighted by Crippen LogP contribution is 2.58. The second-order valence-electron chi connectivity index (χ2n) is 14.1. The molecule has 2 N–H and O–H groups in total. The zero-order valence-corrected chi connectivity index (χ0v) is 28.2. The summed E-state index contributed by atoms with van der Waals surface area (Å²) in [6, 6.07) is 2.99. The first kappa shape index (κ1) is 30.7. The number of nitrogens with zero attached hydrogens (tertiary/aromatic N) is 1. The van der Waals surface area contributed by atoms with Crippen LogP contribution in [0.1, 0.15) is 87.8 Å². The van der Waals surface area contributed by atoms with Crippen LogP contribution >= 0.6 is 0 Å². The van der Waals surface area contributed by atoms with Gasteiger partial charge < -0.3 is 24.4 Å². The molecule has 8 nitrogen and oxygen atoms in total. The van der Waals surface area contributed by atoms with Crippen molar-refractivity contribution in [3.05, 3.63) is 54.8 Å². The van der Waals surface area contributed by atoms with Crippen LogP contribution in [0.25, 0.3) is 49.2 Å². The molecule has 3 aliphatic carbocycles. The fraction of sp³-hybridized carbons (Fsp3) is 0.425. The van der Waals surface area contributed by atoms with Gasteiger partial charge in [0.1, 0.15) is 17.2 Å². The van der Waals surface area contributed by atoms with Crippen molar-refractivity contribution in [1.29, 1.82) is 0 Å². The van der Waals surface area contributed by atoms with E-state index in [-0.39, 0.29) is 39.5 Å². The molecule has 3 aliphatic rings. The number of phenolic OH excluding ortho intramolecular Hbond substituents is 2. The molecule has 2 fully saturated rings. The lowest BCUT2D eigenvalue weighted by molar-refractivity contribution is 0.373. The van der Waals surface area contributed by atoms with Crippen LogP contribution in [-0.2, 0) is 6.42 Å². The molecule has 0 heterocycles. The molecule has 8 rings (SSSR count). The molecule has 8 heteroatoms. The molecule has 2 saturated carbocycles. The second-order valence-corrected chi connectivity index (χ2v) is 14.1. The molecular weight excluding hydrogens is 606 g/mol. The predicted molar refractivity (Wildman–Crippen MR) is 192 cm³/mol. The van der Waals surface area contributed by atoms with Gasteiger partial charge in [-0.25, -0.2) is 0 Å². The van der Waals surface area contributed by atoms with E-state index in [0.717, 1.165) is 79.2 Å². The SMILES string of the molecule is COc1c(O)c2c(=O)cc(OC)c3c4c(OC)cc(=O)c5c(O)c(CC6CCCC6)c6c(c(c1C(C(C)=NC1CCCC1)C(C)=C6)c23)c54. The van der Waals surface area contributed by atoms with Crippen LogP contribution in [-0.4, -0.2) is 43.3 Å². The van der Waals surface area contributed by atoms with E-state index in [0.29, 0.717) is 56.3 Å². The normalized spacial score (nSPS) is 19.0. The van der Waals surface area contributed by atoms with Crippen molar-refractivity contribution in [2.75, 3.05) is 21.3 Å². The molecule has 1 atom stereocenters. The van der Waals surface area contributed by atoms with Gasteiger partial charge in [0.25, 0.3) is 0 Å². The largest absolute Gasteiger partial charge is 0.507 e. The number of aromatic hydroxyl groups is 2. The van der Waals surface area contributed by atoms with E-state index in [1.165, 1.54) is 33.5 Å². The van der Waals surface area contributed by atoms with Gasteiger partial charge >= 0.3 is 0 Å². The Morgan fingerprint density at radius 2 is 1.31 bits per heavy atom. The van der Waals surface area contributed by atoms with E-state index in [4.69, 9.17) is 19.2 Å². The van der Waals surface area contributed by atoms with Crippen LogP contribution in [0.5, 0.6) is 28.7 Å². The van der Waals surface area contributed by atoms with E-state index in [1.807, 2.05) is 6.92 Å². The van der Waals surface area contributed by atoms with Crippen LogP contribution in [0, 0.1) is 5.92 Å². The van der Waals surface area contributed by atoms with Crippen molar-refractivity contribution in [2.45, 2.75) is 83.6 Å². The molecule has 0 spiro atoms. The van der Waals surface area contributed by atoms with Crippen molar-refractivity contribution >= 4 is 54.9 Å². The summed E-state index contributed by atoms with van der Waals surface area (Å²) in [7, 11) is 4.52. The molecule has 0 bridgehead atoms. The highest BCUT2D eigenvalue weighted by Gasteiger charge is 2.37. The summed E-state index contributed by atoms with van der Waals surface area (Å²) in [4.78, 5) is 33.3. The molecule has 1 unspecified atom stereocenters. The molecule has 248 valence electrons. The fourth-order valence-corrected chi connectivity index (χ4v) is 9.45. The van der Waals surface area contributed by atoms with E-state index in [2.05, 4.69) is 13.0 Å². The van der Waals surface area contributed by atoms with Crippen molar-refractivity contribution < 1.29 is 24.4 Å². The van der Waals surface area contributed by atoms with Gasteiger partial charge in [-0.05, 0) is 55.4 Å². The van der Waals surface area contributed by atoms with Crippen molar-refractivity contribution in [3.63, 3.8) is 0 Å². The maximum absolute atomic E-state index is 14.1. The van der Waals surface area contributed by atoms with Crippen molar-refractivity contribution in [2.24, 2.45) is 10.9 Å². The topological polar surface area (TPSA) is 115 Å². The summed E-state index contributed by atoms with van der Waals surface area (Å²) >= 11 is 0. The molecule has 0 saturated heterocycles. The molecule has 0 aliphatic heterocycles. The van der Waals surface area contributed by atoms with Gasteiger partial charge in [-0.2, -0.15) is 0 Å². The number of methoxy groups -OCH3 is 3. The molecule has 5 aromatic rings. The number of allylic oxidation sites excluding steroid dienone is 1. The summed E-state index contributed by atoms with van der Waals surface area (Å²) in [6.45, 7) is 4.10. The Morgan fingerprint density at radius 3 is 1.90 bits per heavy atom. The first-order valence-corrected chi connectivity index (χ1v) is 17.2. The number of fused-ring (bicyclic) bond motifs is 1. The lowest BCUT2D eigenvalue weighted by Crippen LogP contribution is -2.16. The Labute approximate surface area is 278 Å². The van der Waals surface area contributed by atoms with Gasteiger partial charge in [0.05, 0.1) is 32.1 Å². The lowest BCUT2D eigenvalue weighted by atomic mass is 9.79. The zero-order valence-electron chi connectivity index (χ0n) is 28.2. The standard InChI is InChI=1S/C40H41NO7/c1-18-14-22-23(15-20-10-6-7-11-20)38(44)30-24(42)16-26(46-3)32-33-27(47-4)17-25(43)31-36(33)35(29(22)34(30)32)37(40(48-5)39(31)45)28(18)19(2)41-21-12-8-9-13-21/h14,16-17,20-21,28,44-45H,6-13,15H2,1-5H3. The summed E-state index contributed by atoms with van der Waals surface area (Å²) in [6.07, 6.45) is 11.5. The van der Waals surface area contributed by atoms with Crippen LogP contribution in [0.3, 0.4) is 0 Å². The predicted octanol–water partition coefficient (Wildman–Crippen LogP) is 7.97. The summed E-state index contributed by atoms with van der Waals surface area (Å²) < 4.78 is 17.8. The van der Waals surface area contributed by atoms with E-state index in [9.17, 15) is 19.8 Å². The van der Waals surface area contributed by atoms with Gasteiger partial charge in [0.15, 0.2) is 22.4 Å². The van der Waals surface area contributed by atoms with Crippen LogP contribution in [0.4, 0.5) is 0 Å². The smallest absolute Gasteiger partial charge is 0.194 e. The number of phenols is 2. The number of hydrogen-bond donors (Lipinski definition) is 2. The first-order chi connectivity index (χ1) is 23.2. The highest BCUT2D eigenvalue weighted by molar-refractivity contribution is 6.39. The average molecular weight is 648 g/mol. The maximum Gasteiger partial charge on any atom is 0.194 e. The number of aliphatic imine (C=N–C) groups is 1. The lowest BCUT2D eigenvalue weighted by Gasteiger charge is -2.26. The Balaban J connectivity index is 1.70. The molecule has 48 heavy (non-hydrogen) atoms. The summed E-state index contributed by atoms with van der Waals surface area (Å²) in [5.74, 6) is 0.544. The maximum atomic E-state index is 14.1. The first-order valence-electron chi connectivity index (χ1n) is 17.2. The second kappa shape index (κ2) is 11.2. The van der Waals surface area contributed by atoms with Crippen LogP contribution < -0.4 is 25.1 Å². The van der Waals surface area contributed by atoms with E-state index in [1.54, 1.807) is 0 Å². The molecule has 0 amide bonds. The molecule has 0 aromatic heterocycles. The Morgan fingerprint density at radius 1 is 0.750 bits per heavy atom. The summed E-state index contributed by atoms with van der Waals surface area (Å²) in [5.41, 5.74) is 3.37. The quantitative estimate of drug-likeness (QED) is 0.105. The number of hydrogen-bond acceptors (Lipinski definition) is 8. The summed E-state index contributed by atoms with van der Waals surface area (Å²) in [5, 5.41) is 28.2.